The van der Waals surface area contributed by atoms with Gasteiger partial charge in [0.15, 0.2) is 0 Å². The lowest BCUT2D eigenvalue weighted by molar-refractivity contribution is -0.131. The highest BCUT2D eigenvalue weighted by Crippen LogP contribution is 2.14. The number of carbonyl (C=O) groups excluding carboxylic acids is 1. The predicted octanol–water partition coefficient (Wildman–Crippen LogP) is 0.885. The van der Waals surface area contributed by atoms with Gasteiger partial charge < -0.3 is 14.7 Å². The van der Waals surface area contributed by atoms with Crippen molar-refractivity contribution in [3.05, 3.63) is 29.8 Å². The zero-order chi connectivity index (χ0) is 14.5. The molecule has 1 fully saturated rings. The normalized spacial score (nSPS) is 15.9. The number of hydrogen-bond donors (Lipinski definition) is 1. The van der Waals surface area contributed by atoms with Gasteiger partial charge in [0, 0.05) is 33.1 Å². The van der Waals surface area contributed by atoms with Crippen molar-refractivity contribution >= 4 is 11.9 Å². The fraction of sp³-hybridized carbons (Fsp3) is 0.429. The van der Waals surface area contributed by atoms with E-state index in [9.17, 15) is 9.59 Å². The van der Waals surface area contributed by atoms with E-state index in [1.807, 2.05) is 4.90 Å². The Morgan fingerprint density at radius 1 is 1.25 bits per heavy atom. The summed E-state index contributed by atoms with van der Waals surface area (Å²) in [7, 11) is 0. The third-order valence-corrected chi connectivity index (χ3v) is 3.31. The second-order valence-electron chi connectivity index (χ2n) is 4.73. The second-order valence-corrected chi connectivity index (χ2v) is 4.73. The summed E-state index contributed by atoms with van der Waals surface area (Å²) in [6.07, 6.45) is 0. The van der Waals surface area contributed by atoms with E-state index in [0.29, 0.717) is 25.6 Å². The van der Waals surface area contributed by atoms with E-state index in [1.54, 1.807) is 19.1 Å². The first kappa shape index (κ1) is 14.3. The molecule has 1 saturated heterocycles. The Morgan fingerprint density at radius 3 is 2.55 bits per heavy atom. The van der Waals surface area contributed by atoms with Gasteiger partial charge in [0.1, 0.15) is 12.5 Å². The maximum atomic E-state index is 11.2. The molecule has 1 aliphatic heterocycles. The van der Waals surface area contributed by atoms with Crippen LogP contribution in [0.25, 0.3) is 0 Å². The van der Waals surface area contributed by atoms with Crippen LogP contribution in [0, 0.1) is 0 Å². The summed E-state index contributed by atoms with van der Waals surface area (Å²) in [5, 5.41) is 8.90. The minimum absolute atomic E-state index is 0.0970. The molecule has 0 spiro atoms. The fourth-order valence-corrected chi connectivity index (χ4v) is 2.08. The standard InChI is InChI=1S/C14H18N2O4/c1-11(17)16-7-5-15(6-8-16)10-20-13-4-2-3-12(9-13)14(18)19/h2-4,9H,5-8,10H2,1H3,(H,18,19). The highest BCUT2D eigenvalue weighted by atomic mass is 16.5. The highest BCUT2D eigenvalue weighted by Gasteiger charge is 2.18. The van der Waals surface area contributed by atoms with E-state index >= 15 is 0 Å². The minimum Gasteiger partial charge on any atom is -0.478 e. The lowest BCUT2D eigenvalue weighted by atomic mass is 10.2. The Morgan fingerprint density at radius 2 is 1.95 bits per heavy atom. The Balaban J connectivity index is 1.83. The van der Waals surface area contributed by atoms with Crippen molar-refractivity contribution in [2.75, 3.05) is 32.9 Å². The van der Waals surface area contributed by atoms with Gasteiger partial charge in [-0.1, -0.05) is 6.07 Å². The number of aromatic carboxylic acids is 1. The highest BCUT2D eigenvalue weighted by molar-refractivity contribution is 5.87. The molecule has 1 aromatic rings. The first-order chi connectivity index (χ1) is 9.56. The van der Waals surface area contributed by atoms with Gasteiger partial charge in [0.05, 0.1) is 5.56 Å². The molecule has 1 heterocycles. The van der Waals surface area contributed by atoms with Crippen molar-refractivity contribution in [1.29, 1.82) is 0 Å². The lowest BCUT2D eigenvalue weighted by Crippen LogP contribution is -2.48. The van der Waals surface area contributed by atoms with Gasteiger partial charge in [0.25, 0.3) is 0 Å². The topological polar surface area (TPSA) is 70.1 Å². The van der Waals surface area contributed by atoms with Gasteiger partial charge in [-0.25, -0.2) is 4.79 Å². The van der Waals surface area contributed by atoms with Crippen molar-refractivity contribution in [2.24, 2.45) is 0 Å². The molecule has 1 aliphatic rings. The number of benzene rings is 1. The van der Waals surface area contributed by atoms with Gasteiger partial charge in [-0.3, -0.25) is 9.69 Å². The van der Waals surface area contributed by atoms with Crippen LogP contribution in [0.5, 0.6) is 5.75 Å². The van der Waals surface area contributed by atoms with Crippen molar-refractivity contribution in [2.45, 2.75) is 6.92 Å². The van der Waals surface area contributed by atoms with Gasteiger partial charge >= 0.3 is 5.97 Å². The summed E-state index contributed by atoms with van der Waals surface area (Å²) in [6, 6.07) is 6.43. The number of piperazine rings is 1. The molecule has 2 rings (SSSR count). The third-order valence-electron chi connectivity index (χ3n) is 3.31. The lowest BCUT2D eigenvalue weighted by Gasteiger charge is -2.33. The molecule has 0 radical (unpaired) electrons. The number of hydrogen-bond acceptors (Lipinski definition) is 4. The largest absolute Gasteiger partial charge is 0.478 e. The summed E-state index contributed by atoms with van der Waals surface area (Å²) in [6.45, 7) is 4.90. The molecule has 0 bridgehead atoms. The first-order valence-electron chi connectivity index (χ1n) is 6.50. The number of carbonyl (C=O) groups is 2. The monoisotopic (exact) mass is 278 g/mol. The SMILES string of the molecule is CC(=O)N1CCN(COc2cccc(C(=O)O)c2)CC1. The smallest absolute Gasteiger partial charge is 0.335 e. The van der Waals surface area contributed by atoms with Crippen molar-refractivity contribution in [1.82, 2.24) is 9.80 Å². The molecule has 6 heteroatoms. The predicted molar refractivity (Wildman–Crippen MR) is 72.7 cm³/mol. The molecule has 0 aromatic heterocycles. The van der Waals surface area contributed by atoms with Crippen LogP contribution in [-0.4, -0.2) is 59.7 Å². The van der Waals surface area contributed by atoms with E-state index in [4.69, 9.17) is 9.84 Å². The van der Waals surface area contributed by atoms with Gasteiger partial charge in [-0.05, 0) is 18.2 Å². The van der Waals surface area contributed by atoms with Crippen molar-refractivity contribution in [3.63, 3.8) is 0 Å². The Bertz CT molecular complexity index is 496. The van der Waals surface area contributed by atoms with Crippen molar-refractivity contribution in [3.8, 4) is 5.75 Å². The summed E-state index contributed by atoms with van der Waals surface area (Å²) < 4.78 is 5.59. The molecule has 108 valence electrons. The minimum atomic E-state index is -0.967. The van der Waals surface area contributed by atoms with Crippen LogP contribution in [-0.2, 0) is 4.79 Å². The summed E-state index contributed by atoms with van der Waals surface area (Å²) in [5.74, 6) is -0.329. The van der Waals surface area contributed by atoms with E-state index in [1.165, 1.54) is 12.1 Å². The number of amides is 1. The van der Waals surface area contributed by atoms with E-state index in [-0.39, 0.29) is 11.5 Å². The zero-order valence-corrected chi connectivity index (χ0v) is 11.4. The zero-order valence-electron chi connectivity index (χ0n) is 11.4. The number of nitrogens with zero attached hydrogens (tertiary/aromatic N) is 2. The van der Waals surface area contributed by atoms with E-state index in [2.05, 4.69) is 4.90 Å². The van der Waals surface area contributed by atoms with Crippen LogP contribution >= 0.6 is 0 Å². The molecule has 1 amide bonds. The molecule has 0 saturated carbocycles. The molecule has 20 heavy (non-hydrogen) atoms. The second kappa shape index (κ2) is 6.38. The van der Waals surface area contributed by atoms with Crippen molar-refractivity contribution < 1.29 is 19.4 Å². The Kier molecular flexibility index (Phi) is 4.57. The molecule has 0 atom stereocenters. The molecular formula is C14H18N2O4. The molecular weight excluding hydrogens is 260 g/mol. The molecule has 1 aromatic carbocycles. The van der Waals surface area contributed by atoms with Gasteiger partial charge in [-0.2, -0.15) is 0 Å². The first-order valence-corrected chi connectivity index (χ1v) is 6.50. The summed E-state index contributed by atoms with van der Waals surface area (Å²) in [5.41, 5.74) is 0.212. The molecule has 6 nitrogen and oxygen atoms in total. The maximum absolute atomic E-state index is 11.2. The van der Waals surface area contributed by atoms with Crippen LogP contribution in [0.15, 0.2) is 24.3 Å². The number of ether oxygens (including phenoxy) is 1. The van der Waals surface area contributed by atoms with Gasteiger partial charge in [0.2, 0.25) is 5.91 Å². The van der Waals surface area contributed by atoms with Crippen LogP contribution in [0.4, 0.5) is 0 Å². The van der Waals surface area contributed by atoms with Gasteiger partial charge in [-0.15, -0.1) is 0 Å². The van der Waals surface area contributed by atoms with Crippen LogP contribution in [0.1, 0.15) is 17.3 Å². The quantitative estimate of drug-likeness (QED) is 0.885. The average Bonchev–Trinajstić information content (AvgIpc) is 2.46. The average molecular weight is 278 g/mol. The summed E-state index contributed by atoms with van der Waals surface area (Å²) in [4.78, 5) is 26.0. The van der Waals surface area contributed by atoms with Crippen LogP contribution < -0.4 is 4.74 Å². The molecule has 1 N–H and O–H groups in total. The third kappa shape index (κ3) is 3.71. The number of rotatable bonds is 4. The fourth-order valence-electron chi connectivity index (χ4n) is 2.08. The van der Waals surface area contributed by atoms with Crippen LogP contribution in [0.2, 0.25) is 0 Å². The number of carboxylic acids is 1. The Hall–Kier alpha value is -2.08. The maximum Gasteiger partial charge on any atom is 0.335 e. The molecule has 0 unspecified atom stereocenters. The number of carboxylic acid groups (broad SMARTS) is 1. The summed E-state index contributed by atoms with van der Waals surface area (Å²) >= 11 is 0. The van der Waals surface area contributed by atoms with E-state index < -0.39 is 5.97 Å². The van der Waals surface area contributed by atoms with Crippen LogP contribution in [0.3, 0.4) is 0 Å². The molecule has 0 aliphatic carbocycles. The van der Waals surface area contributed by atoms with E-state index in [0.717, 1.165) is 13.1 Å². The Labute approximate surface area is 117 Å².